The fraction of sp³-hybridized carbons (Fsp3) is 0.583. The Morgan fingerprint density at radius 1 is 1.24 bits per heavy atom. The zero-order valence-electron chi connectivity index (χ0n) is 11.0. The lowest BCUT2D eigenvalue weighted by atomic mass is 10.1. The molecule has 1 unspecified atom stereocenters. The van der Waals surface area contributed by atoms with Gasteiger partial charge in [-0.1, -0.05) is 20.8 Å². The zero-order chi connectivity index (χ0) is 13.2. The van der Waals surface area contributed by atoms with Gasteiger partial charge in [-0.2, -0.15) is 5.10 Å². The van der Waals surface area contributed by atoms with Crippen molar-refractivity contribution in [3.8, 4) is 0 Å². The Morgan fingerprint density at radius 3 is 2.29 bits per heavy atom. The van der Waals surface area contributed by atoms with Crippen LogP contribution in [0.15, 0.2) is 5.03 Å². The Bertz CT molecular complexity index is 429. The smallest absolute Gasteiger partial charge is 0.130 e. The summed E-state index contributed by atoms with van der Waals surface area (Å²) in [6, 6.07) is 0. The van der Waals surface area contributed by atoms with E-state index in [4.69, 9.17) is 11.1 Å². The predicted octanol–water partition coefficient (Wildman–Crippen LogP) is 2.51. The Morgan fingerprint density at radius 2 is 1.82 bits per heavy atom. The summed E-state index contributed by atoms with van der Waals surface area (Å²) < 4.78 is 0. The predicted molar refractivity (Wildman–Crippen MR) is 72.7 cm³/mol. The maximum Gasteiger partial charge on any atom is 0.130 e. The van der Waals surface area contributed by atoms with E-state index in [1.54, 1.807) is 11.8 Å². The highest BCUT2D eigenvalue weighted by atomic mass is 32.2. The van der Waals surface area contributed by atoms with E-state index in [-0.39, 0.29) is 5.84 Å². The van der Waals surface area contributed by atoms with Crippen LogP contribution in [0, 0.1) is 25.2 Å². The van der Waals surface area contributed by atoms with Crippen molar-refractivity contribution >= 4 is 17.6 Å². The lowest BCUT2D eigenvalue weighted by molar-refractivity contribution is 0.640. The topological polar surface area (TPSA) is 75.7 Å². The summed E-state index contributed by atoms with van der Waals surface area (Å²) in [4.78, 5) is 0. The Balaban J connectivity index is 3.16. The molecule has 1 atom stereocenters. The number of nitrogens with two attached hydrogens (primary N) is 1. The molecule has 0 saturated heterocycles. The minimum atomic E-state index is 0.0685. The van der Waals surface area contributed by atoms with Crippen LogP contribution in [0.4, 0.5) is 0 Å². The van der Waals surface area contributed by atoms with Crippen molar-refractivity contribution in [1.29, 1.82) is 5.41 Å². The van der Waals surface area contributed by atoms with E-state index in [0.717, 1.165) is 21.8 Å². The van der Waals surface area contributed by atoms with Gasteiger partial charge in [0.05, 0.1) is 11.3 Å². The second-order valence-corrected chi connectivity index (χ2v) is 5.94. The van der Waals surface area contributed by atoms with E-state index in [9.17, 15) is 0 Å². The number of aromatic nitrogens is 2. The summed E-state index contributed by atoms with van der Waals surface area (Å²) in [5, 5.41) is 17.1. The molecule has 5 heteroatoms. The van der Waals surface area contributed by atoms with Crippen molar-refractivity contribution < 1.29 is 0 Å². The summed E-state index contributed by atoms with van der Waals surface area (Å²) in [7, 11) is 0. The van der Waals surface area contributed by atoms with E-state index < -0.39 is 0 Å². The number of hydrogen-bond acceptors (Lipinski definition) is 4. The summed E-state index contributed by atoms with van der Waals surface area (Å²) in [6.45, 7) is 10.3. The molecule has 1 heterocycles. The molecule has 0 aliphatic rings. The number of thioether (sulfide) groups is 1. The molecule has 1 rings (SSSR count). The van der Waals surface area contributed by atoms with Gasteiger partial charge in [-0.3, -0.25) is 5.41 Å². The third-order valence-electron chi connectivity index (χ3n) is 2.93. The van der Waals surface area contributed by atoms with Crippen LogP contribution in [-0.2, 0) is 0 Å². The summed E-state index contributed by atoms with van der Waals surface area (Å²) in [6.07, 6.45) is 0. The van der Waals surface area contributed by atoms with Crippen molar-refractivity contribution in [2.45, 2.75) is 44.9 Å². The number of nitrogen functional groups attached to an aromatic ring is 1. The van der Waals surface area contributed by atoms with Gasteiger partial charge in [0.2, 0.25) is 0 Å². The maximum atomic E-state index is 7.66. The van der Waals surface area contributed by atoms with Crippen LogP contribution < -0.4 is 5.73 Å². The molecule has 0 amide bonds. The van der Waals surface area contributed by atoms with Gasteiger partial charge in [-0.15, -0.1) is 16.9 Å². The lowest BCUT2D eigenvalue weighted by Gasteiger charge is -2.17. The molecular weight excluding hydrogens is 232 g/mol. The van der Waals surface area contributed by atoms with Gasteiger partial charge in [0.15, 0.2) is 0 Å². The Hall–Kier alpha value is -1.10. The van der Waals surface area contributed by atoms with Crippen LogP contribution in [0.5, 0.6) is 0 Å². The first-order chi connectivity index (χ1) is 7.84. The van der Waals surface area contributed by atoms with Crippen molar-refractivity contribution in [1.82, 2.24) is 10.2 Å². The molecule has 0 aromatic carbocycles. The van der Waals surface area contributed by atoms with Crippen molar-refractivity contribution in [2.75, 3.05) is 0 Å². The average molecular weight is 252 g/mol. The first-order valence-electron chi connectivity index (χ1n) is 5.69. The minimum Gasteiger partial charge on any atom is -0.384 e. The molecule has 0 fully saturated rings. The molecular formula is C12H20N4S. The molecule has 1 aromatic rings. The standard InChI is InChI=1S/C12H20N4S/c1-6(2)9(5)17-12-10(11(13)14)7(3)8(4)15-16-12/h6,9H,1-5H3,(H3,13,14). The number of rotatable bonds is 4. The molecule has 0 spiro atoms. The van der Waals surface area contributed by atoms with Crippen molar-refractivity contribution in [3.05, 3.63) is 16.8 Å². The zero-order valence-corrected chi connectivity index (χ0v) is 11.9. The quantitative estimate of drug-likeness (QED) is 0.490. The van der Waals surface area contributed by atoms with Gasteiger partial charge in [-0.05, 0) is 25.3 Å². The number of amidine groups is 1. The molecule has 17 heavy (non-hydrogen) atoms. The highest BCUT2D eigenvalue weighted by Crippen LogP contribution is 2.30. The van der Waals surface area contributed by atoms with E-state index in [1.165, 1.54) is 0 Å². The Labute approximate surface area is 107 Å². The van der Waals surface area contributed by atoms with Crippen molar-refractivity contribution in [2.24, 2.45) is 11.7 Å². The van der Waals surface area contributed by atoms with Crippen LogP contribution in [0.2, 0.25) is 0 Å². The maximum absolute atomic E-state index is 7.66. The second kappa shape index (κ2) is 5.49. The summed E-state index contributed by atoms with van der Waals surface area (Å²) in [5.74, 6) is 0.613. The number of hydrogen-bond donors (Lipinski definition) is 2. The first kappa shape index (κ1) is 14.0. The highest BCUT2D eigenvalue weighted by Gasteiger charge is 2.18. The molecule has 4 nitrogen and oxygen atoms in total. The van der Waals surface area contributed by atoms with Gasteiger partial charge in [0.25, 0.3) is 0 Å². The molecule has 0 aliphatic heterocycles. The minimum absolute atomic E-state index is 0.0685. The summed E-state index contributed by atoms with van der Waals surface area (Å²) in [5.41, 5.74) is 8.15. The van der Waals surface area contributed by atoms with Crippen LogP contribution in [0.1, 0.15) is 37.6 Å². The van der Waals surface area contributed by atoms with E-state index in [0.29, 0.717) is 11.2 Å². The number of nitrogens with one attached hydrogen (secondary N) is 1. The van der Waals surface area contributed by atoms with Gasteiger partial charge < -0.3 is 5.73 Å². The van der Waals surface area contributed by atoms with Gasteiger partial charge in [0, 0.05) is 5.25 Å². The highest BCUT2D eigenvalue weighted by molar-refractivity contribution is 7.99. The van der Waals surface area contributed by atoms with E-state index in [1.807, 2.05) is 13.8 Å². The van der Waals surface area contributed by atoms with Crippen LogP contribution in [0.3, 0.4) is 0 Å². The molecule has 0 bridgehead atoms. The third-order valence-corrected chi connectivity index (χ3v) is 4.35. The second-order valence-electron chi connectivity index (χ2n) is 4.57. The van der Waals surface area contributed by atoms with E-state index >= 15 is 0 Å². The normalized spacial score (nSPS) is 12.8. The summed E-state index contributed by atoms with van der Waals surface area (Å²) >= 11 is 1.64. The lowest BCUT2D eigenvalue weighted by Crippen LogP contribution is -2.18. The third kappa shape index (κ3) is 3.19. The Kier molecular flexibility index (Phi) is 4.51. The SMILES string of the molecule is Cc1nnc(SC(C)C(C)C)c(C(=N)N)c1C. The molecule has 94 valence electrons. The molecule has 0 radical (unpaired) electrons. The van der Waals surface area contributed by atoms with Gasteiger partial charge in [0.1, 0.15) is 10.9 Å². The van der Waals surface area contributed by atoms with Gasteiger partial charge in [-0.25, -0.2) is 0 Å². The van der Waals surface area contributed by atoms with Crippen LogP contribution in [-0.4, -0.2) is 21.3 Å². The number of nitrogens with zero attached hydrogens (tertiary/aromatic N) is 2. The largest absolute Gasteiger partial charge is 0.384 e. The molecule has 3 N–H and O–H groups in total. The van der Waals surface area contributed by atoms with Crippen molar-refractivity contribution in [3.63, 3.8) is 0 Å². The van der Waals surface area contributed by atoms with Crippen LogP contribution >= 0.6 is 11.8 Å². The number of aryl methyl sites for hydroxylation is 1. The van der Waals surface area contributed by atoms with Gasteiger partial charge >= 0.3 is 0 Å². The fourth-order valence-electron chi connectivity index (χ4n) is 1.30. The van der Waals surface area contributed by atoms with E-state index in [2.05, 4.69) is 31.0 Å². The fourth-order valence-corrected chi connectivity index (χ4v) is 2.39. The first-order valence-corrected chi connectivity index (χ1v) is 6.57. The molecule has 0 saturated carbocycles. The molecule has 0 aliphatic carbocycles. The monoisotopic (exact) mass is 252 g/mol. The molecule has 1 aromatic heterocycles. The van der Waals surface area contributed by atoms with Crippen LogP contribution in [0.25, 0.3) is 0 Å². The average Bonchev–Trinajstić information content (AvgIpc) is 2.22.